The lowest BCUT2D eigenvalue weighted by atomic mass is 10.4. The third-order valence-electron chi connectivity index (χ3n) is 2.92. The molecule has 0 N–H and O–H groups in total. The number of carbonyl (C=O) groups is 1. The van der Waals surface area contributed by atoms with Gasteiger partial charge in [-0.25, -0.2) is 8.42 Å². The molecule has 0 amide bonds. The number of sulfone groups is 1. The normalized spacial score (nSPS) is 11.6. The first-order chi connectivity index (χ1) is 9.85. The van der Waals surface area contributed by atoms with E-state index in [1.54, 1.807) is 38.2 Å². The smallest absolute Gasteiger partial charge is 0.307 e. The maximum atomic E-state index is 12.2. The molecule has 7 heteroatoms. The molecule has 0 unspecified atom stereocenters. The van der Waals surface area contributed by atoms with Crippen LogP contribution in [0.25, 0.3) is 0 Å². The molecule has 0 aliphatic heterocycles. The van der Waals surface area contributed by atoms with Gasteiger partial charge in [-0.2, -0.15) is 0 Å². The Balaban J connectivity index is 2.46. The van der Waals surface area contributed by atoms with E-state index in [2.05, 4.69) is 15.9 Å². The highest BCUT2D eigenvalue weighted by molar-refractivity contribution is 9.10. The van der Waals surface area contributed by atoms with Gasteiger partial charge >= 0.3 is 5.97 Å². The maximum absolute atomic E-state index is 12.2. The van der Waals surface area contributed by atoms with Crippen LogP contribution in [0, 0.1) is 0 Å². The lowest BCUT2D eigenvalue weighted by Crippen LogP contribution is -2.28. The summed E-state index contributed by atoms with van der Waals surface area (Å²) in [7, 11) is -1.51. The topological polar surface area (TPSA) is 63.7 Å². The highest BCUT2D eigenvalue weighted by Crippen LogP contribution is 2.16. The predicted octanol–water partition coefficient (Wildman–Crippen LogP) is 2.11. The summed E-state index contributed by atoms with van der Waals surface area (Å²) < 4.78 is 30.0. The van der Waals surface area contributed by atoms with Crippen molar-refractivity contribution in [2.45, 2.75) is 18.2 Å². The summed E-state index contributed by atoms with van der Waals surface area (Å²) in [5.74, 6) is -0.242. The minimum Gasteiger partial charge on any atom is -0.466 e. The molecule has 0 atom stereocenters. The molecule has 0 aromatic heterocycles. The summed E-state index contributed by atoms with van der Waals surface area (Å²) in [6.07, 6.45) is 0.267. The van der Waals surface area contributed by atoms with Gasteiger partial charge in [-0.3, -0.25) is 4.79 Å². The lowest BCUT2D eigenvalue weighted by molar-refractivity contribution is -0.143. The van der Waals surface area contributed by atoms with E-state index >= 15 is 0 Å². The second-order valence-corrected chi connectivity index (χ2v) is 7.66. The van der Waals surface area contributed by atoms with Crippen LogP contribution < -0.4 is 0 Å². The van der Waals surface area contributed by atoms with E-state index < -0.39 is 9.84 Å². The van der Waals surface area contributed by atoms with Gasteiger partial charge in [-0.05, 0) is 38.2 Å². The third kappa shape index (κ3) is 6.58. The molecule has 5 nitrogen and oxygen atoms in total. The minimum atomic E-state index is -3.30. The first-order valence-corrected chi connectivity index (χ1v) is 9.12. The van der Waals surface area contributed by atoms with Crippen molar-refractivity contribution in [2.75, 3.05) is 32.5 Å². The molecule has 0 fully saturated rings. The van der Waals surface area contributed by atoms with Crippen LogP contribution in [0.5, 0.6) is 0 Å². The zero-order valence-electron chi connectivity index (χ0n) is 12.2. The van der Waals surface area contributed by atoms with E-state index in [1.165, 1.54) is 0 Å². The van der Waals surface area contributed by atoms with Crippen LogP contribution in [0.3, 0.4) is 0 Å². The van der Waals surface area contributed by atoms with E-state index in [0.717, 1.165) is 4.47 Å². The Labute approximate surface area is 134 Å². The van der Waals surface area contributed by atoms with E-state index in [1.807, 2.05) is 4.90 Å². The first-order valence-electron chi connectivity index (χ1n) is 6.67. The second-order valence-electron chi connectivity index (χ2n) is 4.63. The molecule has 0 saturated heterocycles. The number of halogens is 1. The fourth-order valence-electron chi connectivity index (χ4n) is 1.66. The quantitative estimate of drug-likeness (QED) is 0.649. The van der Waals surface area contributed by atoms with Crippen LogP contribution in [0.1, 0.15) is 13.3 Å². The van der Waals surface area contributed by atoms with Gasteiger partial charge in [0.2, 0.25) is 0 Å². The molecule has 0 spiro atoms. The van der Waals surface area contributed by atoms with E-state index in [0.29, 0.717) is 24.6 Å². The first kappa shape index (κ1) is 18.1. The Morgan fingerprint density at radius 3 is 2.43 bits per heavy atom. The highest BCUT2D eigenvalue weighted by Gasteiger charge is 2.15. The van der Waals surface area contributed by atoms with Crippen LogP contribution in [0.2, 0.25) is 0 Å². The standard InChI is InChI=1S/C14H20BrNO4S/c1-3-20-14(17)8-9-16(2)10-11-21(18,19)13-6-4-12(15)5-7-13/h4-7H,3,8-11H2,1-2H3. The SMILES string of the molecule is CCOC(=O)CCN(C)CCS(=O)(=O)c1ccc(Br)cc1. The third-order valence-corrected chi connectivity index (χ3v) is 5.16. The summed E-state index contributed by atoms with van der Waals surface area (Å²) in [6.45, 7) is 2.97. The van der Waals surface area contributed by atoms with E-state index in [4.69, 9.17) is 4.74 Å². The fraction of sp³-hybridized carbons (Fsp3) is 0.500. The molecular formula is C14H20BrNO4S. The number of ether oxygens (including phenoxy) is 1. The number of carbonyl (C=O) groups excluding carboxylic acids is 1. The summed E-state index contributed by atoms with van der Waals surface area (Å²) in [4.78, 5) is 13.4. The Bertz CT molecular complexity index is 557. The maximum Gasteiger partial charge on any atom is 0.307 e. The van der Waals surface area contributed by atoms with Crippen LogP contribution in [0.4, 0.5) is 0 Å². The van der Waals surface area contributed by atoms with Crippen molar-refractivity contribution in [1.82, 2.24) is 4.90 Å². The molecule has 21 heavy (non-hydrogen) atoms. The summed E-state index contributed by atoms with van der Waals surface area (Å²) in [6, 6.07) is 6.57. The van der Waals surface area contributed by atoms with Crippen LogP contribution in [-0.4, -0.2) is 51.8 Å². The summed E-state index contributed by atoms with van der Waals surface area (Å²) in [5, 5.41) is 0. The average molecular weight is 378 g/mol. The molecule has 118 valence electrons. The summed E-state index contributed by atoms with van der Waals surface area (Å²) >= 11 is 3.27. The Morgan fingerprint density at radius 2 is 1.86 bits per heavy atom. The Hall–Kier alpha value is -0.920. The van der Waals surface area contributed by atoms with E-state index in [9.17, 15) is 13.2 Å². The molecule has 0 heterocycles. The zero-order chi connectivity index (χ0) is 15.9. The van der Waals surface area contributed by atoms with Gasteiger partial charge in [0, 0.05) is 17.6 Å². The molecule has 0 radical (unpaired) electrons. The minimum absolute atomic E-state index is 0.0218. The second kappa shape index (κ2) is 8.51. The average Bonchev–Trinajstić information content (AvgIpc) is 2.44. The number of esters is 1. The number of rotatable bonds is 8. The fourth-order valence-corrected chi connectivity index (χ4v) is 3.27. The number of hydrogen-bond acceptors (Lipinski definition) is 5. The predicted molar refractivity (Wildman–Crippen MR) is 84.9 cm³/mol. The molecule has 0 aliphatic rings. The van der Waals surface area contributed by atoms with Gasteiger partial charge < -0.3 is 9.64 Å². The van der Waals surface area contributed by atoms with Gasteiger partial charge in [0.15, 0.2) is 9.84 Å². The van der Waals surface area contributed by atoms with Crippen molar-refractivity contribution in [2.24, 2.45) is 0 Å². The summed E-state index contributed by atoms with van der Waals surface area (Å²) in [5.41, 5.74) is 0. The lowest BCUT2D eigenvalue weighted by Gasteiger charge is -2.16. The van der Waals surface area contributed by atoms with Crippen molar-refractivity contribution < 1.29 is 17.9 Å². The van der Waals surface area contributed by atoms with E-state index in [-0.39, 0.29) is 18.1 Å². The Morgan fingerprint density at radius 1 is 1.24 bits per heavy atom. The van der Waals surface area contributed by atoms with Crippen molar-refractivity contribution in [1.29, 1.82) is 0 Å². The van der Waals surface area contributed by atoms with Crippen molar-refractivity contribution >= 4 is 31.7 Å². The zero-order valence-corrected chi connectivity index (χ0v) is 14.6. The van der Waals surface area contributed by atoms with Crippen molar-refractivity contribution in [3.63, 3.8) is 0 Å². The van der Waals surface area contributed by atoms with Crippen molar-refractivity contribution in [3.8, 4) is 0 Å². The van der Waals surface area contributed by atoms with Gasteiger partial charge in [-0.1, -0.05) is 15.9 Å². The highest BCUT2D eigenvalue weighted by atomic mass is 79.9. The number of nitrogens with zero attached hydrogens (tertiary/aromatic N) is 1. The number of benzene rings is 1. The van der Waals surface area contributed by atoms with Crippen LogP contribution in [0.15, 0.2) is 33.6 Å². The molecule has 0 saturated carbocycles. The molecule has 1 aromatic rings. The van der Waals surface area contributed by atoms with Crippen LogP contribution in [-0.2, 0) is 19.4 Å². The molecule has 1 aromatic carbocycles. The van der Waals surface area contributed by atoms with Crippen molar-refractivity contribution in [3.05, 3.63) is 28.7 Å². The molecule has 0 aliphatic carbocycles. The molecule has 0 bridgehead atoms. The van der Waals surface area contributed by atoms with Gasteiger partial charge in [-0.15, -0.1) is 0 Å². The monoisotopic (exact) mass is 377 g/mol. The van der Waals surface area contributed by atoms with Crippen LogP contribution >= 0.6 is 15.9 Å². The van der Waals surface area contributed by atoms with Gasteiger partial charge in [0.25, 0.3) is 0 Å². The largest absolute Gasteiger partial charge is 0.466 e. The Kier molecular flexibility index (Phi) is 7.34. The van der Waals surface area contributed by atoms with Gasteiger partial charge in [0.1, 0.15) is 0 Å². The molecular weight excluding hydrogens is 358 g/mol. The van der Waals surface area contributed by atoms with Gasteiger partial charge in [0.05, 0.1) is 23.7 Å². The number of hydrogen-bond donors (Lipinski definition) is 0. The molecule has 1 rings (SSSR count).